The average Bonchev–Trinajstić information content (AvgIpc) is 2.45. The zero-order chi connectivity index (χ0) is 14.6. The molecule has 4 nitrogen and oxygen atoms in total. The Hall–Kier alpha value is -1.08. The number of piperidine rings is 2. The van der Waals surface area contributed by atoms with E-state index < -0.39 is 0 Å². The molecule has 0 bridgehead atoms. The van der Waals surface area contributed by atoms with E-state index in [0.29, 0.717) is 24.3 Å². The van der Waals surface area contributed by atoms with Gasteiger partial charge in [0, 0.05) is 19.0 Å². The van der Waals surface area contributed by atoms with E-state index in [0.717, 1.165) is 51.7 Å². The number of hydrogen-bond acceptors (Lipinski definition) is 3. The van der Waals surface area contributed by atoms with Gasteiger partial charge in [0.05, 0.1) is 11.5 Å². The molecule has 2 atom stereocenters. The van der Waals surface area contributed by atoms with Gasteiger partial charge in [-0.3, -0.25) is 4.79 Å². The highest BCUT2D eigenvalue weighted by Crippen LogP contribution is 2.29. The summed E-state index contributed by atoms with van der Waals surface area (Å²) in [4.78, 5) is 14.3. The molecule has 2 unspecified atom stereocenters. The highest BCUT2D eigenvalue weighted by molar-refractivity contribution is 5.77. The van der Waals surface area contributed by atoms with E-state index in [2.05, 4.69) is 16.3 Å². The van der Waals surface area contributed by atoms with Crippen LogP contribution in [0.25, 0.3) is 0 Å². The van der Waals surface area contributed by atoms with Crippen LogP contribution in [-0.2, 0) is 4.79 Å². The first-order valence-electron chi connectivity index (χ1n) is 7.95. The van der Waals surface area contributed by atoms with E-state index in [1.54, 1.807) is 0 Å². The molecule has 2 heterocycles. The quantitative estimate of drug-likeness (QED) is 0.785. The summed E-state index contributed by atoms with van der Waals surface area (Å²) in [5, 5.41) is 12.5. The molecule has 4 heteroatoms. The third-order valence-electron chi connectivity index (χ3n) is 4.77. The molecule has 112 valence electrons. The second-order valence-corrected chi connectivity index (χ2v) is 6.90. The van der Waals surface area contributed by atoms with Crippen molar-refractivity contribution < 1.29 is 4.79 Å². The van der Waals surface area contributed by atoms with Gasteiger partial charge in [-0.2, -0.15) is 5.26 Å². The molecular formula is C16H27N3O. The number of carbonyl (C=O) groups is 1. The van der Waals surface area contributed by atoms with Gasteiger partial charge in [0.25, 0.3) is 0 Å². The maximum absolute atomic E-state index is 12.1. The lowest BCUT2D eigenvalue weighted by Crippen LogP contribution is -2.55. The molecule has 2 saturated heterocycles. The van der Waals surface area contributed by atoms with Crippen LogP contribution in [0, 0.1) is 22.7 Å². The van der Waals surface area contributed by atoms with E-state index in [1.807, 2.05) is 13.8 Å². The fraction of sp³-hybridized carbons (Fsp3) is 0.875. The van der Waals surface area contributed by atoms with Crippen molar-refractivity contribution in [3.63, 3.8) is 0 Å². The smallest absolute Gasteiger partial charge is 0.222 e. The summed E-state index contributed by atoms with van der Waals surface area (Å²) < 4.78 is 0. The number of hydrogen-bond donors (Lipinski definition) is 1. The van der Waals surface area contributed by atoms with Gasteiger partial charge in [-0.1, -0.05) is 6.42 Å². The van der Waals surface area contributed by atoms with Gasteiger partial charge in [-0.05, 0) is 58.5 Å². The maximum Gasteiger partial charge on any atom is 0.222 e. The number of nitriles is 1. The Balaban J connectivity index is 1.81. The molecule has 2 aliphatic rings. The SMILES string of the molecule is CC(C)(C#N)CCCCN1C(=O)CCC2CNCCC21. The summed E-state index contributed by atoms with van der Waals surface area (Å²) >= 11 is 0. The standard InChI is InChI=1S/C16H27N3O/c1-16(2,12-17)8-3-4-10-19-14-7-9-18-11-13(14)5-6-15(19)20/h13-14,18H,3-11H2,1-2H3. The van der Waals surface area contributed by atoms with E-state index in [-0.39, 0.29) is 5.41 Å². The van der Waals surface area contributed by atoms with Gasteiger partial charge in [-0.15, -0.1) is 0 Å². The summed E-state index contributed by atoms with van der Waals surface area (Å²) in [5.41, 5.74) is -0.233. The minimum Gasteiger partial charge on any atom is -0.339 e. The summed E-state index contributed by atoms with van der Waals surface area (Å²) in [6.07, 6.45) is 5.83. The molecule has 2 fully saturated rings. The van der Waals surface area contributed by atoms with Crippen molar-refractivity contribution in [1.82, 2.24) is 10.2 Å². The third-order valence-corrected chi connectivity index (χ3v) is 4.77. The van der Waals surface area contributed by atoms with Gasteiger partial charge in [0.15, 0.2) is 0 Å². The predicted molar refractivity (Wildman–Crippen MR) is 79.0 cm³/mol. The Morgan fingerprint density at radius 2 is 2.20 bits per heavy atom. The molecule has 20 heavy (non-hydrogen) atoms. The number of fused-ring (bicyclic) bond motifs is 1. The van der Waals surface area contributed by atoms with Crippen LogP contribution >= 0.6 is 0 Å². The Morgan fingerprint density at radius 1 is 1.40 bits per heavy atom. The fourth-order valence-electron chi connectivity index (χ4n) is 3.45. The van der Waals surface area contributed by atoms with E-state index >= 15 is 0 Å². The highest BCUT2D eigenvalue weighted by atomic mass is 16.2. The largest absolute Gasteiger partial charge is 0.339 e. The normalized spacial score (nSPS) is 27.1. The van der Waals surface area contributed by atoms with Crippen molar-refractivity contribution in [1.29, 1.82) is 5.26 Å². The zero-order valence-electron chi connectivity index (χ0n) is 12.8. The number of nitrogens with one attached hydrogen (secondary N) is 1. The Morgan fingerprint density at radius 3 is 2.95 bits per heavy atom. The van der Waals surface area contributed by atoms with E-state index in [1.165, 1.54) is 0 Å². The minimum atomic E-state index is -0.233. The van der Waals surface area contributed by atoms with Gasteiger partial charge in [0.2, 0.25) is 5.91 Å². The molecule has 0 aromatic heterocycles. The predicted octanol–water partition coefficient (Wildman–Crippen LogP) is 2.31. The van der Waals surface area contributed by atoms with Crippen molar-refractivity contribution in [3.8, 4) is 6.07 Å². The first-order valence-corrected chi connectivity index (χ1v) is 7.95. The summed E-state index contributed by atoms with van der Waals surface area (Å²) in [7, 11) is 0. The molecule has 1 N–H and O–H groups in total. The van der Waals surface area contributed by atoms with Gasteiger partial charge in [0.1, 0.15) is 0 Å². The summed E-state index contributed by atoms with van der Waals surface area (Å²) in [6.45, 7) is 6.95. The Kier molecular flexibility index (Phi) is 5.04. The maximum atomic E-state index is 12.1. The highest BCUT2D eigenvalue weighted by Gasteiger charge is 2.36. The van der Waals surface area contributed by atoms with Crippen LogP contribution in [0.5, 0.6) is 0 Å². The average molecular weight is 277 g/mol. The van der Waals surface area contributed by atoms with Crippen LogP contribution in [0.2, 0.25) is 0 Å². The van der Waals surface area contributed by atoms with Crippen LogP contribution in [-0.4, -0.2) is 36.5 Å². The van der Waals surface area contributed by atoms with Crippen molar-refractivity contribution in [2.24, 2.45) is 11.3 Å². The van der Waals surface area contributed by atoms with Gasteiger partial charge in [-0.25, -0.2) is 0 Å². The molecular weight excluding hydrogens is 250 g/mol. The van der Waals surface area contributed by atoms with Gasteiger partial charge < -0.3 is 10.2 Å². The zero-order valence-corrected chi connectivity index (χ0v) is 12.8. The molecule has 0 aliphatic carbocycles. The molecule has 0 spiro atoms. The van der Waals surface area contributed by atoms with Crippen LogP contribution in [0.3, 0.4) is 0 Å². The Bertz CT molecular complexity index is 386. The molecule has 0 radical (unpaired) electrons. The second kappa shape index (κ2) is 6.58. The van der Waals surface area contributed by atoms with Crippen LogP contribution in [0.1, 0.15) is 52.4 Å². The molecule has 0 aromatic carbocycles. The lowest BCUT2D eigenvalue weighted by molar-refractivity contribution is -0.139. The van der Waals surface area contributed by atoms with Crippen molar-refractivity contribution >= 4 is 5.91 Å². The first kappa shape index (κ1) is 15.3. The summed E-state index contributed by atoms with van der Waals surface area (Å²) in [6, 6.07) is 2.80. The fourth-order valence-corrected chi connectivity index (χ4v) is 3.45. The lowest BCUT2D eigenvalue weighted by Gasteiger charge is -2.44. The second-order valence-electron chi connectivity index (χ2n) is 6.90. The molecule has 1 amide bonds. The monoisotopic (exact) mass is 277 g/mol. The topological polar surface area (TPSA) is 56.1 Å². The van der Waals surface area contributed by atoms with Gasteiger partial charge >= 0.3 is 0 Å². The third kappa shape index (κ3) is 3.73. The lowest BCUT2D eigenvalue weighted by atomic mass is 9.84. The van der Waals surface area contributed by atoms with Crippen LogP contribution in [0.4, 0.5) is 0 Å². The first-order chi connectivity index (χ1) is 9.53. The minimum absolute atomic E-state index is 0.233. The molecule has 0 aromatic rings. The number of rotatable bonds is 5. The molecule has 2 rings (SSSR count). The van der Waals surface area contributed by atoms with E-state index in [4.69, 9.17) is 5.26 Å². The van der Waals surface area contributed by atoms with Crippen molar-refractivity contribution in [2.75, 3.05) is 19.6 Å². The van der Waals surface area contributed by atoms with Crippen LogP contribution in [0.15, 0.2) is 0 Å². The van der Waals surface area contributed by atoms with Crippen molar-refractivity contribution in [3.05, 3.63) is 0 Å². The number of amides is 1. The number of nitrogens with zero attached hydrogens (tertiary/aromatic N) is 2. The van der Waals surface area contributed by atoms with E-state index in [9.17, 15) is 4.79 Å². The molecule has 2 aliphatic heterocycles. The van der Waals surface area contributed by atoms with Crippen molar-refractivity contribution in [2.45, 2.75) is 58.4 Å². The number of carbonyl (C=O) groups excluding carboxylic acids is 1. The Labute approximate surface area is 122 Å². The molecule has 0 saturated carbocycles. The number of likely N-dealkylation sites (tertiary alicyclic amines) is 1. The summed E-state index contributed by atoms with van der Waals surface area (Å²) in [5.74, 6) is 0.990. The van der Waals surface area contributed by atoms with Crippen LogP contribution < -0.4 is 5.32 Å². The number of unbranched alkanes of at least 4 members (excludes halogenated alkanes) is 1.